The van der Waals surface area contributed by atoms with E-state index in [2.05, 4.69) is 85.2 Å². The van der Waals surface area contributed by atoms with Crippen LogP contribution >= 0.6 is 31.9 Å². The lowest BCUT2D eigenvalue weighted by Gasteiger charge is -2.20. The van der Waals surface area contributed by atoms with Gasteiger partial charge in [0.15, 0.2) is 23.3 Å². The Hall–Kier alpha value is -7.72. The highest BCUT2D eigenvalue weighted by Gasteiger charge is 2.22. The van der Waals surface area contributed by atoms with Gasteiger partial charge < -0.3 is 29.7 Å². The molecule has 0 unspecified atom stereocenters. The number of anilines is 6. The molecule has 76 heavy (non-hydrogen) atoms. The minimum absolute atomic E-state index is 0.0299. The lowest BCUT2D eigenvalue weighted by molar-refractivity contribution is 0.576. The topological polar surface area (TPSA) is 214 Å². The molecule has 0 aliphatic heterocycles. The van der Waals surface area contributed by atoms with Gasteiger partial charge in [0.2, 0.25) is 0 Å². The highest BCUT2D eigenvalue weighted by molar-refractivity contribution is 9.10. The van der Waals surface area contributed by atoms with Crippen molar-refractivity contribution < 1.29 is 4.39 Å². The molecule has 0 saturated carbocycles. The number of aromatic amines is 1. The third-order valence-electron chi connectivity index (χ3n) is 12.6. The van der Waals surface area contributed by atoms with Gasteiger partial charge in [0.05, 0.1) is 11.6 Å². The summed E-state index contributed by atoms with van der Waals surface area (Å²) in [6.07, 6.45) is 11.4. The Labute approximate surface area is 455 Å². The molecule has 9 aromatic rings. The van der Waals surface area contributed by atoms with Crippen molar-refractivity contribution in [3.8, 4) is 16.9 Å². The van der Waals surface area contributed by atoms with E-state index >= 15 is 4.39 Å². The summed E-state index contributed by atoms with van der Waals surface area (Å²) in [6, 6.07) is 16.1. The second-order valence-electron chi connectivity index (χ2n) is 19.1. The fourth-order valence-electron chi connectivity index (χ4n) is 8.39. The summed E-state index contributed by atoms with van der Waals surface area (Å²) < 4.78 is 26.3. The van der Waals surface area contributed by atoms with Crippen LogP contribution in [0.1, 0.15) is 76.7 Å². The lowest BCUT2D eigenvalue weighted by Crippen LogP contribution is -2.25. The third kappa shape index (κ3) is 12.5. The van der Waals surface area contributed by atoms with Crippen LogP contribution < -0.4 is 38.2 Å². The zero-order valence-electron chi connectivity index (χ0n) is 44.6. The van der Waals surface area contributed by atoms with Crippen LogP contribution in [-0.4, -0.2) is 58.2 Å². The molecule has 0 aliphatic rings. The van der Waals surface area contributed by atoms with Crippen molar-refractivity contribution in [3.63, 3.8) is 0 Å². The predicted molar refractivity (Wildman–Crippen MR) is 306 cm³/mol. The van der Waals surface area contributed by atoms with Crippen molar-refractivity contribution in [2.24, 2.45) is 35.2 Å². The maximum absolute atomic E-state index is 15.3. The van der Waals surface area contributed by atoms with Crippen LogP contribution in [-0.2, 0) is 66.3 Å². The average molecular weight is 1160 g/mol. The SMILES string of the molecule is CCc1c(-c2cc(Nc3cc(CC)n(C)n3)c(=O)n(C)c2)ccnc1-n1ncc2cc(C(C)(C)C)cc(F)c2c1=O.CCc1cc(Nc2cc(Br)cn(C)c2=O)n[nH]1.CCc1cc(Nc2cc(Br)cn(C)c2=O)nn1C. The van der Waals surface area contributed by atoms with Crippen LogP contribution in [0.5, 0.6) is 0 Å². The van der Waals surface area contributed by atoms with E-state index in [-0.39, 0.29) is 27.5 Å². The first kappa shape index (κ1) is 56.0. The first-order valence-electron chi connectivity index (χ1n) is 24.6. The van der Waals surface area contributed by atoms with Gasteiger partial charge in [-0.15, -0.1) is 0 Å². The largest absolute Gasteiger partial charge is 0.334 e. The van der Waals surface area contributed by atoms with Crippen molar-refractivity contribution in [3.05, 3.63) is 170 Å². The molecule has 0 saturated heterocycles. The smallest absolute Gasteiger partial charge is 0.283 e. The molecular weight excluding hydrogens is 1100 g/mol. The van der Waals surface area contributed by atoms with Gasteiger partial charge in [0.25, 0.3) is 22.2 Å². The number of halogens is 3. The van der Waals surface area contributed by atoms with Crippen LogP contribution in [0.4, 0.5) is 38.9 Å². The van der Waals surface area contributed by atoms with Gasteiger partial charge >= 0.3 is 0 Å². The molecule has 0 fully saturated rings. The summed E-state index contributed by atoms with van der Waals surface area (Å²) in [5, 5.41) is 29.8. The molecule has 22 heteroatoms. The van der Waals surface area contributed by atoms with Gasteiger partial charge in [-0.3, -0.25) is 33.6 Å². The molecule has 4 N–H and O–H groups in total. The van der Waals surface area contributed by atoms with Crippen molar-refractivity contribution in [1.29, 1.82) is 0 Å². The number of pyridine rings is 4. The van der Waals surface area contributed by atoms with Crippen LogP contribution in [0.2, 0.25) is 0 Å². The van der Waals surface area contributed by atoms with Gasteiger partial charge in [-0.2, -0.15) is 25.1 Å². The number of aryl methyl sites for hydroxylation is 8. The normalized spacial score (nSPS) is 11.2. The summed E-state index contributed by atoms with van der Waals surface area (Å²) in [5.74, 6) is 1.64. The van der Waals surface area contributed by atoms with Crippen molar-refractivity contribution in [1.82, 2.24) is 58.2 Å². The zero-order chi connectivity index (χ0) is 55.3. The monoisotopic (exact) mass is 1160 g/mol. The summed E-state index contributed by atoms with van der Waals surface area (Å²) in [6.45, 7) is 14.1. The molecule has 8 heterocycles. The highest BCUT2D eigenvalue weighted by Crippen LogP contribution is 2.31. The first-order chi connectivity index (χ1) is 36.0. The quantitative estimate of drug-likeness (QED) is 0.0900. The molecule has 1 aromatic carbocycles. The standard InChI is InChI=1S/C31H34FN7O2.C12H15BrN4O.C11H13BrN4O/c1-8-21-15-26(36-38(21)7)35-25-13-19(17-37(6)29(25)40)23-10-11-33-28(22(23)9-2)39-30(41)27-18(16-34-39)12-20(14-24(27)32)31(3,4)5;1-4-9-6-11(15-17(9)3)14-10-5-8(13)7-16(2)12(10)18;1-3-8-5-10(15-14-8)13-9-4-7(12)6-16(2)11(9)17/h10-17H,8-9H2,1-7H3,(H,35,36);5-7H,4H2,1-3H3,(H,14,15);4-6H,3H2,1-2H3,(H2,13,14,15). The minimum atomic E-state index is -0.586. The molecule has 0 atom stereocenters. The maximum atomic E-state index is 15.3. The van der Waals surface area contributed by atoms with Crippen molar-refractivity contribution >= 4 is 77.1 Å². The first-order valence-corrected chi connectivity index (χ1v) is 26.2. The number of aromatic nitrogens is 12. The molecule has 9 rings (SSSR count). The van der Waals surface area contributed by atoms with Crippen LogP contribution in [0.3, 0.4) is 0 Å². The van der Waals surface area contributed by atoms with Crippen molar-refractivity contribution in [2.45, 2.75) is 79.6 Å². The molecule has 0 spiro atoms. The van der Waals surface area contributed by atoms with E-state index in [0.717, 1.165) is 72.2 Å². The zero-order valence-corrected chi connectivity index (χ0v) is 47.8. The van der Waals surface area contributed by atoms with E-state index in [9.17, 15) is 19.2 Å². The summed E-state index contributed by atoms with van der Waals surface area (Å²) in [7, 11) is 8.87. The fourth-order valence-corrected chi connectivity index (χ4v) is 9.46. The predicted octanol–water partition coefficient (Wildman–Crippen LogP) is 9.55. The van der Waals surface area contributed by atoms with E-state index < -0.39 is 11.4 Å². The van der Waals surface area contributed by atoms with Crippen LogP contribution in [0, 0.1) is 5.82 Å². The lowest BCUT2D eigenvalue weighted by atomic mass is 9.86. The Bertz CT molecular complexity index is 3840. The number of benzene rings is 1. The Morgan fingerprint density at radius 2 is 1.16 bits per heavy atom. The number of nitrogens with zero attached hydrogens (tertiary/aromatic N) is 11. The third-order valence-corrected chi connectivity index (χ3v) is 13.4. The number of H-pyrrole nitrogens is 1. The van der Waals surface area contributed by atoms with E-state index in [1.54, 1.807) is 68.8 Å². The molecule has 19 nitrogen and oxygen atoms in total. The summed E-state index contributed by atoms with van der Waals surface area (Å²) >= 11 is 6.72. The molecule has 0 radical (unpaired) electrons. The number of hydrogen-bond acceptors (Lipinski definition) is 12. The van der Waals surface area contributed by atoms with Gasteiger partial charge in [0, 0.05) is 121 Å². The number of hydrogen-bond donors (Lipinski definition) is 4. The number of rotatable bonds is 12. The Kier molecular flexibility index (Phi) is 17.3. The minimum Gasteiger partial charge on any atom is -0.334 e. The second-order valence-corrected chi connectivity index (χ2v) is 20.9. The Morgan fingerprint density at radius 3 is 1.64 bits per heavy atom. The molecule has 8 aromatic heterocycles. The summed E-state index contributed by atoms with van der Waals surface area (Å²) in [5.41, 5.74) is 6.36. The van der Waals surface area contributed by atoms with Crippen LogP contribution in [0.15, 0.2) is 114 Å². The molecule has 0 aliphatic carbocycles. The number of nitrogens with one attached hydrogen (secondary N) is 4. The fraction of sp³-hybridized carbons (Fsp3) is 0.315. The molecule has 0 bridgehead atoms. The van der Waals surface area contributed by atoms with Gasteiger partial charge in [-0.25, -0.2) is 9.37 Å². The Balaban J connectivity index is 0.000000197. The second kappa shape index (κ2) is 23.4. The average Bonchev–Trinajstić information content (AvgIpc) is 4.11. The van der Waals surface area contributed by atoms with E-state index in [4.69, 9.17) is 0 Å². The van der Waals surface area contributed by atoms with Gasteiger partial charge in [-0.1, -0.05) is 48.5 Å². The van der Waals surface area contributed by atoms with Gasteiger partial charge in [-0.05, 0) is 110 Å². The molecule has 398 valence electrons. The van der Waals surface area contributed by atoms with E-state index in [1.807, 2.05) is 90.7 Å². The molecule has 0 amide bonds. The van der Waals surface area contributed by atoms with E-state index in [1.165, 1.54) is 26.0 Å². The van der Waals surface area contributed by atoms with E-state index in [0.29, 0.717) is 52.1 Å². The number of fused-ring (bicyclic) bond motifs is 1. The highest BCUT2D eigenvalue weighted by atomic mass is 79.9. The van der Waals surface area contributed by atoms with Crippen LogP contribution in [0.25, 0.3) is 27.7 Å². The van der Waals surface area contributed by atoms with Gasteiger partial charge in [0.1, 0.15) is 22.9 Å². The Morgan fingerprint density at radius 1 is 0.632 bits per heavy atom. The summed E-state index contributed by atoms with van der Waals surface area (Å²) in [4.78, 5) is 54.9. The van der Waals surface area contributed by atoms with Crippen molar-refractivity contribution in [2.75, 3.05) is 16.0 Å². The molecular formula is C54H62Br2FN15O4. The maximum Gasteiger partial charge on any atom is 0.283 e.